The van der Waals surface area contributed by atoms with E-state index in [0.717, 1.165) is 19.3 Å². The van der Waals surface area contributed by atoms with E-state index in [1.807, 2.05) is 0 Å². The van der Waals surface area contributed by atoms with Gasteiger partial charge >= 0.3 is 0 Å². The average molecular weight is 263 g/mol. The Kier molecular flexibility index (Phi) is 3.56. The van der Waals surface area contributed by atoms with Crippen LogP contribution in [0.1, 0.15) is 39.0 Å². The molecular formula is C13H17N3O3. The van der Waals surface area contributed by atoms with Crippen molar-refractivity contribution in [3.8, 4) is 6.07 Å². The molecule has 1 atom stereocenters. The van der Waals surface area contributed by atoms with Crippen molar-refractivity contribution in [2.75, 3.05) is 6.54 Å². The number of hydrogen-bond acceptors (Lipinski definition) is 4. The van der Waals surface area contributed by atoms with E-state index in [1.54, 1.807) is 6.92 Å². The molecule has 2 fully saturated rings. The van der Waals surface area contributed by atoms with Crippen molar-refractivity contribution in [2.45, 2.75) is 45.1 Å². The quantitative estimate of drug-likeness (QED) is 0.690. The van der Waals surface area contributed by atoms with Crippen LogP contribution in [0.2, 0.25) is 0 Å². The van der Waals surface area contributed by atoms with E-state index in [9.17, 15) is 19.6 Å². The fourth-order valence-electron chi connectivity index (χ4n) is 2.77. The van der Waals surface area contributed by atoms with Crippen LogP contribution in [0.5, 0.6) is 0 Å². The lowest BCUT2D eigenvalue weighted by atomic mass is 9.74. The molecule has 1 aliphatic carbocycles. The molecule has 1 saturated carbocycles. The molecule has 0 aromatic heterocycles. The van der Waals surface area contributed by atoms with Crippen LogP contribution >= 0.6 is 0 Å². The lowest BCUT2D eigenvalue weighted by Gasteiger charge is -2.38. The van der Waals surface area contributed by atoms with Gasteiger partial charge in [0.25, 0.3) is 0 Å². The van der Waals surface area contributed by atoms with Crippen molar-refractivity contribution in [3.05, 3.63) is 0 Å². The van der Waals surface area contributed by atoms with Crippen LogP contribution in [-0.4, -0.2) is 35.2 Å². The van der Waals surface area contributed by atoms with Crippen LogP contribution < -0.4 is 5.32 Å². The molecule has 6 heteroatoms. The minimum atomic E-state index is -1.05. The van der Waals surface area contributed by atoms with Gasteiger partial charge in [-0.15, -0.1) is 0 Å². The largest absolute Gasteiger partial charge is 0.320 e. The molecule has 19 heavy (non-hydrogen) atoms. The number of rotatable bonds is 1. The third kappa shape index (κ3) is 2.33. The summed E-state index contributed by atoms with van der Waals surface area (Å²) in [4.78, 5) is 36.8. The van der Waals surface area contributed by atoms with Gasteiger partial charge in [-0.1, -0.05) is 19.3 Å². The van der Waals surface area contributed by atoms with Crippen molar-refractivity contribution in [2.24, 2.45) is 5.41 Å². The topological polar surface area (TPSA) is 90.3 Å². The van der Waals surface area contributed by atoms with Crippen LogP contribution in [0, 0.1) is 16.7 Å². The number of carbonyl (C=O) groups excluding carboxylic acids is 3. The first-order valence-corrected chi connectivity index (χ1v) is 6.56. The molecule has 1 saturated heterocycles. The van der Waals surface area contributed by atoms with E-state index < -0.39 is 23.3 Å². The maximum absolute atomic E-state index is 12.6. The summed E-state index contributed by atoms with van der Waals surface area (Å²) >= 11 is 0. The predicted molar refractivity (Wildman–Crippen MR) is 65.5 cm³/mol. The van der Waals surface area contributed by atoms with Crippen LogP contribution in [0.3, 0.4) is 0 Å². The van der Waals surface area contributed by atoms with E-state index in [0.29, 0.717) is 12.8 Å². The number of hydrogen-bond donors (Lipinski definition) is 1. The van der Waals surface area contributed by atoms with Crippen molar-refractivity contribution >= 4 is 17.7 Å². The van der Waals surface area contributed by atoms with E-state index in [2.05, 4.69) is 11.4 Å². The number of nitriles is 1. The molecule has 102 valence electrons. The highest BCUT2D eigenvalue weighted by Crippen LogP contribution is 2.38. The number of piperazine rings is 1. The molecule has 3 amide bonds. The maximum atomic E-state index is 12.6. The second kappa shape index (κ2) is 5.00. The summed E-state index contributed by atoms with van der Waals surface area (Å²) in [6.45, 7) is 1.43. The molecule has 6 nitrogen and oxygen atoms in total. The average Bonchev–Trinajstić information content (AvgIpc) is 2.42. The molecule has 0 aromatic rings. The highest BCUT2D eigenvalue weighted by atomic mass is 16.2. The molecule has 1 N–H and O–H groups in total. The zero-order valence-corrected chi connectivity index (χ0v) is 10.9. The van der Waals surface area contributed by atoms with Crippen LogP contribution in [0.25, 0.3) is 0 Å². The summed E-state index contributed by atoms with van der Waals surface area (Å²) in [6, 6.07) is 1.43. The van der Waals surface area contributed by atoms with Gasteiger partial charge in [0, 0.05) is 0 Å². The van der Waals surface area contributed by atoms with Crippen LogP contribution in [-0.2, 0) is 14.4 Å². The molecule has 0 bridgehead atoms. The molecule has 1 aliphatic heterocycles. The van der Waals surface area contributed by atoms with Gasteiger partial charge in [0.15, 0.2) is 0 Å². The fraction of sp³-hybridized carbons (Fsp3) is 0.692. The van der Waals surface area contributed by atoms with E-state index in [1.165, 1.54) is 4.90 Å². The third-order valence-electron chi connectivity index (χ3n) is 4.01. The van der Waals surface area contributed by atoms with E-state index in [-0.39, 0.29) is 12.5 Å². The third-order valence-corrected chi connectivity index (χ3v) is 4.01. The van der Waals surface area contributed by atoms with E-state index >= 15 is 0 Å². The SMILES string of the molecule is CC1C(=O)NC(=O)CN1C(=O)C1(C#N)CCCCC1. The summed E-state index contributed by atoms with van der Waals surface area (Å²) in [5, 5.41) is 11.6. The van der Waals surface area contributed by atoms with E-state index in [4.69, 9.17) is 0 Å². The Balaban J connectivity index is 2.24. The van der Waals surface area contributed by atoms with Gasteiger partial charge in [0.1, 0.15) is 18.0 Å². The van der Waals surface area contributed by atoms with Gasteiger partial charge in [-0.05, 0) is 19.8 Å². The highest BCUT2D eigenvalue weighted by Gasteiger charge is 2.46. The zero-order chi connectivity index (χ0) is 14.0. The molecule has 0 spiro atoms. The summed E-state index contributed by atoms with van der Waals surface area (Å²) in [7, 11) is 0. The molecule has 1 heterocycles. The van der Waals surface area contributed by atoms with Crippen molar-refractivity contribution in [1.82, 2.24) is 10.2 Å². The summed E-state index contributed by atoms with van der Waals surface area (Å²) in [5.74, 6) is -1.33. The zero-order valence-electron chi connectivity index (χ0n) is 10.9. The van der Waals surface area contributed by atoms with Gasteiger partial charge in [-0.2, -0.15) is 5.26 Å². The minimum Gasteiger partial charge on any atom is -0.320 e. The first-order valence-electron chi connectivity index (χ1n) is 6.56. The van der Waals surface area contributed by atoms with Gasteiger partial charge in [-0.3, -0.25) is 19.7 Å². The predicted octanol–water partition coefficient (Wildman–Crippen LogP) is 0.334. The summed E-state index contributed by atoms with van der Waals surface area (Å²) in [6.07, 6.45) is 3.72. The number of nitrogens with zero attached hydrogens (tertiary/aromatic N) is 2. The van der Waals surface area contributed by atoms with Gasteiger partial charge in [0.2, 0.25) is 17.7 Å². The summed E-state index contributed by atoms with van der Waals surface area (Å²) in [5.41, 5.74) is -1.05. The van der Waals surface area contributed by atoms with Crippen LogP contribution in [0.15, 0.2) is 0 Å². The Labute approximate surface area is 111 Å². The second-order valence-corrected chi connectivity index (χ2v) is 5.28. The Bertz CT molecular complexity index is 460. The molecule has 0 radical (unpaired) electrons. The molecule has 0 aromatic carbocycles. The van der Waals surface area contributed by atoms with Gasteiger partial charge in [-0.25, -0.2) is 0 Å². The molecular weight excluding hydrogens is 246 g/mol. The fourth-order valence-corrected chi connectivity index (χ4v) is 2.77. The Hall–Kier alpha value is -1.90. The van der Waals surface area contributed by atoms with Gasteiger partial charge in [0.05, 0.1) is 6.07 Å². The number of imide groups is 1. The lowest BCUT2D eigenvalue weighted by Crippen LogP contribution is -2.61. The molecule has 2 rings (SSSR count). The first-order chi connectivity index (χ1) is 9.00. The standard InChI is InChI=1S/C13H17N3O3/c1-9-11(18)15-10(17)7-16(9)12(19)13(8-14)5-3-2-4-6-13/h9H,2-7H2,1H3,(H,15,17,18). The highest BCUT2D eigenvalue weighted by molar-refractivity contribution is 6.05. The first kappa shape index (κ1) is 13.5. The lowest BCUT2D eigenvalue weighted by molar-refractivity contribution is -0.154. The van der Waals surface area contributed by atoms with Crippen molar-refractivity contribution in [3.63, 3.8) is 0 Å². The summed E-state index contributed by atoms with van der Waals surface area (Å²) < 4.78 is 0. The van der Waals surface area contributed by atoms with Crippen molar-refractivity contribution < 1.29 is 14.4 Å². The maximum Gasteiger partial charge on any atom is 0.249 e. The van der Waals surface area contributed by atoms with Crippen LogP contribution in [0.4, 0.5) is 0 Å². The number of amides is 3. The van der Waals surface area contributed by atoms with Crippen molar-refractivity contribution in [1.29, 1.82) is 5.26 Å². The monoisotopic (exact) mass is 263 g/mol. The Morgan fingerprint density at radius 2 is 2.00 bits per heavy atom. The normalized spacial score (nSPS) is 26.5. The number of nitrogens with one attached hydrogen (secondary N) is 1. The minimum absolute atomic E-state index is 0.144. The molecule has 1 unspecified atom stereocenters. The number of carbonyl (C=O) groups is 3. The smallest absolute Gasteiger partial charge is 0.249 e. The Morgan fingerprint density at radius 1 is 1.37 bits per heavy atom. The Morgan fingerprint density at radius 3 is 2.58 bits per heavy atom. The second-order valence-electron chi connectivity index (χ2n) is 5.28. The molecule has 2 aliphatic rings. The van der Waals surface area contributed by atoms with Gasteiger partial charge < -0.3 is 4.90 Å².